The van der Waals surface area contributed by atoms with Gasteiger partial charge in [-0.15, -0.1) is 0 Å². The summed E-state index contributed by atoms with van der Waals surface area (Å²) in [6.07, 6.45) is 3.23. The van der Waals surface area contributed by atoms with E-state index in [1.807, 2.05) is 43.3 Å². The van der Waals surface area contributed by atoms with Crippen molar-refractivity contribution in [1.29, 1.82) is 0 Å². The lowest BCUT2D eigenvalue weighted by Crippen LogP contribution is -2.07. The third-order valence-electron chi connectivity index (χ3n) is 3.30. The van der Waals surface area contributed by atoms with Gasteiger partial charge in [0.2, 0.25) is 5.91 Å². The maximum atomic E-state index is 12.0. The second-order valence-corrected chi connectivity index (χ2v) is 5.57. The van der Waals surface area contributed by atoms with Gasteiger partial charge in [-0.3, -0.25) is 4.79 Å². The molecule has 0 spiro atoms. The number of anilines is 1. The quantitative estimate of drug-likeness (QED) is 0.672. The predicted molar refractivity (Wildman–Crippen MR) is 92.2 cm³/mol. The fraction of sp³-hybridized carbons (Fsp3) is 0.0556. The molecule has 2 N–H and O–H groups in total. The van der Waals surface area contributed by atoms with Crippen LogP contribution in [0.4, 0.5) is 5.69 Å². The fourth-order valence-electron chi connectivity index (χ4n) is 2.32. The molecule has 0 atom stereocenters. The van der Waals surface area contributed by atoms with Crippen LogP contribution >= 0.6 is 11.6 Å². The van der Waals surface area contributed by atoms with Crippen LogP contribution in [0.2, 0.25) is 5.02 Å². The van der Waals surface area contributed by atoms with Gasteiger partial charge in [0.15, 0.2) is 0 Å². The fourth-order valence-corrected chi connectivity index (χ4v) is 2.52. The lowest BCUT2D eigenvalue weighted by Gasteiger charge is -2.02. The zero-order valence-electron chi connectivity index (χ0n) is 12.1. The van der Waals surface area contributed by atoms with E-state index in [9.17, 15) is 4.79 Å². The van der Waals surface area contributed by atoms with E-state index >= 15 is 0 Å². The Bertz CT molecular complexity index is 864. The Kier molecular flexibility index (Phi) is 3.98. The maximum Gasteiger partial charge on any atom is 0.248 e. The number of aromatic nitrogens is 1. The van der Waals surface area contributed by atoms with E-state index in [4.69, 9.17) is 11.6 Å². The molecule has 3 aromatic rings. The van der Waals surface area contributed by atoms with Gasteiger partial charge >= 0.3 is 0 Å². The molecule has 1 amide bonds. The van der Waals surface area contributed by atoms with Crippen LogP contribution in [0.25, 0.3) is 17.0 Å². The van der Waals surface area contributed by atoms with Crippen molar-refractivity contribution in [2.24, 2.45) is 0 Å². The summed E-state index contributed by atoms with van der Waals surface area (Å²) in [5, 5.41) is 4.58. The minimum absolute atomic E-state index is 0.174. The van der Waals surface area contributed by atoms with E-state index in [0.717, 1.165) is 27.8 Å². The normalized spacial score (nSPS) is 11.2. The molecule has 1 heterocycles. The molecular formula is C18H15ClN2O. The van der Waals surface area contributed by atoms with Crippen molar-refractivity contribution in [3.63, 3.8) is 0 Å². The van der Waals surface area contributed by atoms with E-state index in [1.165, 1.54) is 6.08 Å². The summed E-state index contributed by atoms with van der Waals surface area (Å²) in [6.45, 7) is 2.01. The largest absolute Gasteiger partial charge is 0.359 e. The molecule has 0 aliphatic rings. The zero-order valence-corrected chi connectivity index (χ0v) is 12.8. The first-order valence-corrected chi connectivity index (χ1v) is 7.32. The van der Waals surface area contributed by atoms with Crippen molar-refractivity contribution in [2.75, 3.05) is 5.32 Å². The molecule has 2 aromatic carbocycles. The van der Waals surface area contributed by atoms with Gasteiger partial charge in [-0.1, -0.05) is 23.7 Å². The maximum absolute atomic E-state index is 12.0. The standard InChI is InChI=1S/C18H15ClN2O/c1-12-9-14-11-16(6-7-17(14)20-12)21-18(22)8-5-13-3-2-4-15(19)10-13/h2-11,20H,1H3,(H,21,22)/b8-5+. The summed E-state index contributed by atoms with van der Waals surface area (Å²) >= 11 is 5.91. The third-order valence-corrected chi connectivity index (χ3v) is 3.53. The van der Waals surface area contributed by atoms with Crippen LogP contribution < -0.4 is 5.32 Å². The second-order valence-electron chi connectivity index (χ2n) is 5.13. The Morgan fingerprint density at radius 2 is 2.05 bits per heavy atom. The summed E-state index contributed by atoms with van der Waals surface area (Å²) in [6, 6.07) is 15.2. The first-order valence-electron chi connectivity index (χ1n) is 6.94. The summed E-state index contributed by atoms with van der Waals surface area (Å²) in [5.74, 6) is -0.174. The Morgan fingerprint density at radius 3 is 2.86 bits per heavy atom. The Morgan fingerprint density at radius 1 is 1.18 bits per heavy atom. The van der Waals surface area contributed by atoms with Crippen LogP contribution in [0.3, 0.4) is 0 Å². The number of fused-ring (bicyclic) bond motifs is 1. The summed E-state index contributed by atoms with van der Waals surface area (Å²) in [4.78, 5) is 15.2. The number of rotatable bonds is 3. The molecule has 0 saturated carbocycles. The third kappa shape index (κ3) is 3.38. The number of H-pyrrole nitrogens is 1. The summed E-state index contributed by atoms with van der Waals surface area (Å²) < 4.78 is 0. The average Bonchev–Trinajstić information content (AvgIpc) is 2.84. The number of hydrogen-bond donors (Lipinski definition) is 2. The van der Waals surface area contributed by atoms with E-state index in [1.54, 1.807) is 18.2 Å². The van der Waals surface area contributed by atoms with Crippen LogP contribution in [0.1, 0.15) is 11.3 Å². The molecule has 0 unspecified atom stereocenters. The number of hydrogen-bond acceptors (Lipinski definition) is 1. The molecule has 22 heavy (non-hydrogen) atoms. The number of carbonyl (C=O) groups is 1. The van der Waals surface area contributed by atoms with Gasteiger partial charge in [-0.05, 0) is 55.0 Å². The van der Waals surface area contributed by atoms with E-state index in [0.29, 0.717) is 5.02 Å². The number of nitrogens with one attached hydrogen (secondary N) is 2. The van der Waals surface area contributed by atoms with E-state index < -0.39 is 0 Å². The Balaban J connectivity index is 1.72. The van der Waals surface area contributed by atoms with Gasteiger partial charge < -0.3 is 10.3 Å². The molecule has 110 valence electrons. The number of carbonyl (C=O) groups excluding carboxylic acids is 1. The predicted octanol–water partition coefficient (Wildman–Crippen LogP) is 4.78. The van der Waals surface area contributed by atoms with Crippen molar-refractivity contribution in [3.05, 3.63) is 70.9 Å². The van der Waals surface area contributed by atoms with Crippen LogP contribution in [0.5, 0.6) is 0 Å². The van der Waals surface area contributed by atoms with Gasteiger partial charge in [-0.25, -0.2) is 0 Å². The van der Waals surface area contributed by atoms with Crippen molar-refractivity contribution in [1.82, 2.24) is 4.98 Å². The van der Waals surface area contributed by atoms with Crippen LogP contribution in [-0.4, -0.2) is 10.9 Å². The molecule has 1 aromatic heterocycles. The van der Waals surface area contributed by atoms with Gasteiger partial charge in [0.25, 0.3) is 0 Å². The highest BCUT2D eigenvalue weighted by molar-refractivity contribution is 6.30. The molecule has 0 saturated heterocycles. The molecule has 3 nitrogen and oxygen atoms in total. The van der Waals surface area contributed by atoms with Crippen LogP contribution in [0, 0.1) is 6.92 Å². The molecule has 0 aliphatic carbocycles. The topological polar surface area (TPSA) is 44.9 Å². The van der Waals surface area contributed by atoms with Gasteiger partial charge in [0.1, 0.15) is 0 Å². The molecule has 3 rings (SSSR count). The average molecular weight is 311 g/mol. The number of amides is 1. The number of benzene rings is 2. The van der Waals surface area contributed by atoms with Crippen molar-refractivity contribution >= 4 is 40.2 Å². The van der Waals surface area contributed by atoms with E-state index in [-0.39, 0.29) is 5.91 Å². The first-order chi connectivity index (χ1) is 10.6. The molecule has 0 fully saturated rings. The summed E-state index contributed by atoms with van der Waals surface area (Å²) in [7, 11) is 0. The molecular weight excluding hydrogens is 296 g/mol. The highest BCUT2D eigenvalue weighted by atomic mass is 35.5. The SMILES string of the molecule is Cc1cc2cc(NC(=O)/C=C/c3cccc(Cl)c3)ccc2[nH]1. The number of aryl methyl sites for hydroxylation is 1. The molecule has 4 heteroatoms. The number of aromatic amines is 1. The summed E-state index contributed by atoms with van der Waals surface area (Å²) in [5.41, 5.74) is 3.82. The molecule has 0 aliphatic heterocycles. The lowest BCUT2D eigenvalue weighted by atomic mass is 10.2. The minimum atomic E-state index is -0.174. The van der Waals surface area contributed by atoms with Gasteiger partial charge in [0.05, 0.1) is 0 Å². The van der Waals surface area contributed by atoms with Crippen molar-refractivity contribution in [3.8, 4) is 0 Å². The molecule has 0 bridgehead atoms. The van der Waals surface area contributed by atoms with E-state index in [2.05, 4.69) is 10.3 Å². The molecule has 0 radical (unpaired) electrons. The van der Waals surface area contributed by atoms with Crippen molar-refractivity contribution in [2.45, 2.75) is 6.92 Å². The minimum Gasteiger partial charge on any atom is -0.359 e. The Hall–Kier alpha value is -2.52. The van der Waals surface area contributed by atoms with Gasteiger partial charge in [-0.2, -0.15) is 0 Å². The Labute approximate surface area is 133 Å². The van der Waals surface area contributed by atoms with Crippen molar-refractivity contribution < 1.29 is 4.79 Å². The number of halogens is 1. The first kappa shape index (κ1) is 14.4. The smallest absolute Gasteiger partial charge is 0.248 e. The highest BCUT2D eigenvalue weighted by Gasteiger charge is 2.02. The van der Waals surface area contributed by atoms with Crippen LogP contribution in [-0.2, 0) is 4.79 Å². The van der Waals surface area contributed by atoms with Crippen LogP contribution in [0.15, 0.2) is 54.6 Å². The lowest BCUT2D eigenvalue weighted by molar-refractivity contribution is -0.111. The highest BCUT2D eigenvalue weighted by Crippen LogP contribution is 2.20. The monoisotopic (exact) mass is 310 g/mol. The van der Waals surface area contributed by atoms with Gasteiger partial charge in [0, 0.05) is 33.4 Å². The zero-order chi connectivity index (χ0) is 15.5. The second kappa shape index (κ2) is 6.08.